The van der Waals surface area contributed by atoms with Crippen LogP contribution in [0, 0.1) is 6.92 Å². The molecule has 2 aromatic carbocycles. The number of carbonyl (C=O) groups excluding carboxylic acids is 1. The van der Waals surface area contributed by atoms with Crippen molar-refractivity contribution in [2.24, 2.45) is 0 Å². The van der Waals surface area contributed by atoms with E-state index >= 15 is 0 Å². The highest BCUT2D eigenvalue weighted by atomic mass is 19.4. The van der Waals surface area contributed by atoms with Gasteiger partial charge in [-0.2, -0.15) is 4.52 Å². The van der Waals surface area contributed by atoms with Gasteiger partial charge in [0.05, 0.1) is 5.69 Å². The summed E-state index contributed by atoms with van der Waals surface area (Å²) < 4.78 is 54.4. The predicted octanol–water partition coefficient (Wildman–Crippen LogP) is 4.59. The third-order valence-electron chi connectivity index (χ3n) is 4.50. The minimum atomic E-state index is -4.84. The van der Waals surface area contributed by atoms with E-state index in [1.807, 2.05) is 6.07 Å². The predicted molar refractivity (Wildman–Crippen MR) is 105 cm³/mol. The highest BCUT2D eigenvalue weighted by Crippen LogP contribution is 2.28. The van der Waals surface area contributed by atoms with Crippen molar-refractivity contribution in [1.29, 1.82) is 0 Å². The molecule has 0 unspecified atom stereocenters. The zero-order chi connectivity index (χ0) is 22.9. The molecule has 32 heavy (non-hydrogen) atoms. The number of rotatable bonds is 6. The Kier molecular flexibility index (Phi) is 5.47. The van der Waals surface area contributed by atoms with E-state index in [1.54, 1.807) is 37.3 Å². The number of halogens is 3. The fraction of sp³-hybridized carbons (Fsp3) is 0.190. The molecule has 4 aromatic rings. The summed E-state index contributed by atoms with van der Waals surface area (Å²) >= 11 is 0. The fourth-order valence-electron chi connectivity index (χ4n) is 3.02. The van der Waals surface area contributed by atoms with E-state index in [1.165, 1.54) is 34.7 Å². The zero-order valence-electron chi connectivity index (χ0n) is 17.0. The number of alkyl halides is 3. The van der Waals surface area contributed by atoms with Crippen LogP contribution in [-0.4, -0.2) is 38.8 Å². The SMILES string of the molecule is Cc1c(C(=O)N(C)Cc2ccccc2OC(F)(F)F)oc2nc(Oc3ccccc3)nn12. The highest BCUT2D eigenvalue weighted by Gasteiger charge is 2.32. The number of aryl methyl sites for hydroxylation is 1. The maximum absolute atomic E-state index is 12.9. The zero-order valence-corrected chi connectivity index (χ0v) is 17.0. The molecular weight excluding hydrogens is 429 g/mol. The molecule has 0 fully saturated rings. The molecule has 0 N–H and O–H groups in total. The summed E-state index contributed by atoms with van der Waals surface area (Å²) in [5.74, 6) is -0.389. The van der Waals surface area contributed by atoms with Crippen molar-refractivity contribution in [3.8, 4) is 17.5 Å². The number of hydrogen-bond donors (Lipinski definition) is 0. The van der Waals surface area contributed by atoms with Gasteiger partial charge in [-0.15, -0.1) is 23.3 Å². The minimum Gasteiger partial charge on any atom is -0.423 e. The van der Waals surface area contributed by atoms with Gasteiger partial charge in [-0.25, -0.2) is 0 Å². The summed E-state index contributed by atoms with van der Waals surface area (Å²) in [6.45, 7) is 1.47. The van der Waals surface area contributed by atoms with E-state index in [-0.39, 0.29) is 35.5 Å². The summed E-state index contributed by atoms with van der Waals surface area (Å²) in [5, 5.41) is 4.18. The number of nitrogens with zero attached hydrogens (tertiary/aromatic N) is 4. The van der Waals surface area contributed by atoms with Gasteiger partial charge in [0, 0.05) is 19.2 Å². The minimum absolute atomic E-state index is 0.0389. The van der Waals surface area contributed by atoms with E-state index in [0.29, 0.717) is 11.4 Å². The molecule has 11 heteroatoms. The van der Waals surface area contributed by atoms with Gasteiger partial charge >= 0.3 is 18.2 Å². The molecule has 0 aliphatic heterocycles. The smallest absolute Gasteiger partial charge is 0.423 e. The molecule has 0 saturated carbocycles. The van der Waals surface area contributed by atoms with Crippen LogP contribution in [0.5, 0.6) is 17.5 Å². The van der Waals surface area contributed by atoms with Crippen LogP contribution in [0.4, 0.5) is 13.2 Å². The average Bonchev–Trinajstić information content (AvgIpc) is 3.27. The summed E-state index contributed by atoms with van der Waals surface area (Å²) in [4.78, 5) is 18.2. The lowest BCUT2D eigenvalue weighted by atomic mass is 10.2. The van der Waals surface area contributed by atoms with Crippen LogP contribution in [0.25, 0.3) is 5.84 Å². The Balaban J connectivity index is 1.52. The largest absolute Gasteiger partial charge is 0.573 e. The van der Waals surface area contributed by atoms with Crippen LogP contribution in [0.15, 0.2) is 59.0 Å². The Labute approximate surface area is 179 Å². The van der Waals surface area contributed by atoms with Crippen molar-refractivity contribution in [3.63, 3.8) is 0 Å². The number of para-hydroxylation sites is 2. The Morgan fingerprint density at radius 1 is 1.12 bits per heavy atom. The number of benzene rings is 2. The van der Waals surface area contributed by atoms with Gasteiger partial charge in [0.15, 0.2) is 0 Å². The monoisotopic (exact) mass is 446 g/mol. The molecule has 0 bridgehead atoms. The molecule has 0 atom stereocenters. The van der Waals surface area contributed by atoms with E-state index in [9.17, 15) is 18.0 Å². The van der Waals surface area contributed by atoms with Crippen molar-refractivity contribution in [3.05, 3.63) is 71.6 Å². The molecule has 0 saturated heterocycles. The lowest BCUT2D eigenvalue weighted by Crippen LogP contribution is -2.27. The lowest BCUT2D eigenvalue weighted by molar-refractivity contribution is -0.275. The van der Waals surface area contributed by atoms with E-state index in [2.05, 4.69) is 14.8 Å². The maximum Gasteiger partial charge on any atom is 0.573 e. The van der Waals surface area contributed by atoms with Crippen LogP contribution < -0.4 is 9.47 Å². The van der Waals surface area contributed by atoms with Crippen molar-refractivity contribution in [1.82, 2.24) is 19.5 Å². The maximum atomic E-state index is 12.9. The van der Waals surface area contributed by atoms with Crippen LogP contribution in [-0.2, 0) is 6.54 Å². The molecule has 0 aliphatic carbocycles. The molecule has 1 amide bonds. The first-order valence-electron chi connectivity index (χ1n) is 9.39. The van der Waals surface area contributed by atoms with Crippen LogP contribution in [0.3, 0.4) is 0 Å². The standard InChI is InChI=1S/C21H17F3N4O4/c1-13-17(31-20-25-19(26-28(13)20)30-15-9-4-3-5-10-15)18(29)27(2)12-14-8-6-7-11-16(14)32-21(22,23)24/h3-11H,12H2,1-2H3. The van der Waals surface area contributed by atoms with E-state index in [4.69, 9.17) is 9.15 Å². The van der Waals surface area contributed by atoms with Gasteiger partial charge in [0.25, 0.3) is 5.91 Å². The molecule has 2 aromatic heterocycles. The lowest BCUT2D eigenvalue weighted by Gasteiger charge is -2.19. The second kappa shape index (κ2) is 8.25. The highest BCUT2D eigenvalue weighted by molar-refractivity contribution is 5.92. The number of hydrogen-bond acceptors (Lipinski definition) is 6. The van der Waals surface area contributed by atoms with Gasteiger partial charge < -0.3 is 18.8 Å². The normalized spacial score (nSPS) is 11.5. The average molecular weight is 446 g/mol. The van der Waals surface area contributed by atoms with Gasteiger partial charge in [0.2, 0.25) is 5.76 Å². The Morgan fingerprint density at radius 3 is 2.50 bits per heavy atom. The second-order valence-corrected chi connectivity index (χ2v) is 6.84. The Hall–Kier alpha value is -4.02. The van der Waals surface area contributed by atoms with Crippen molar-refractivity contribution < 1.29 is 31.9 Å². The van der Waals surface area contributed by atoms with Gasteiger partial charge in [0.1, 0.15) is 11.5 Å². The quantitative estimate of drug-likeness (QED) is 0.431. The second-order valence-electron chi connectivity index (χ2n) is 6.84. The Morgan fingerprint density at radius 2 is 1.81 bits per heavy atom. The number of ether oxygens (including phenoxy) is 2. The Bertz CT molecular complexity index is 1250. The number of carbonyl (C=O) groups is 1. The number of fused-ring (bicyclic) bond motifs is 1. The molecular formula is C21H17F3N4O4. The van der Waals surface area contributed by atoms with Crippen LogP contribution in [0.1, 0.15) is 21.8 Å². The van der Waals surface area contributed by atoms with E-state index in [0.717, 1.165) is 0 Å². The third-order valence-corrected chi connectivity index (χ3v) is 4.50. The molecule has 0 aliphatic rings. The van der Waals surface area contributed by atoms with Crippen molar-refractivity contribution in [2.45, 2.75) is 19.8 Å². The first kappa shape index (κ1) is 21.2. The molecule has 4 rings (SSSR count). The number of aromatic nitrogens is 3. The van der Waals surface area contributed by atoms with Crippen molar-refractivity contribution >= 4 is 11.8 Å². The first-order chi connectivity index (χ1) is 15.2. The third kappa shape index (κ3) is 4.51. The molecule has 166 valence electrons. The molecule has 0 spiro atoms. The van der Waals surface area contributed by atoms with Gasteiger partial charge in [-0.3, -0.25) is 4.79 Å². The number of oxazole rings is 1. The number of amides is 1. The van der Waals surface area contributed by atoms with Crippen LogP contribution in [0.2, 0.25) is 0 Å². The summed E-state index contributed by atoms with van der Waals surface area (Å²) in [5.41, 5.74) is 0.554. The first-order valence-corrected chi connectivity index (χ1v) is 9.39. The van der Waals surface area contributed by atoms with E-state index < -0.39 is 12.3 Å². The molecule has 0 radical (unpaired) electrons. The molecule has 8 nitrogen and oxygen atoms in total. The molecule has 2 heterocycles. The summed E-state index contributed by atoms with van der Waals surface area (Å²) in [7, 11) is 1.44. The topological polar surface area (TPSA) is 82.1 Å². The van der Waals surface area contributed by atoms with Gasteiger partial charge in [-0.1, -0.05) is 36.4 Å². The van der Waals surface area contributed by atoms with Crippen LogP contribution >= 0.6 is 0 Å². The van der Waals surface area contributed by atoms with Crippen molar-refractivity contribution in [2.75, 3.05) is 7.05 Å². The fourth-order valence-corrected chi connectivity index (χ4v) is 3.02. The summed E-state index contributed by atoms with van der Waals surface area (Å²) in [6, 6.07) is 14.6. The van der Waals surface area contributed by atoms with Gasteiger partial charge in [-0.05, 0) is 25.1 Å². The summed E-state index contributed by atoms with van der Waals surface area (Å²) in [6.07, 6.45) is -4.84.